The summed E-state index contributed by atoms with van der Waals surface area (Å²) in [5, 5.41) is 0. The summed E-state index contributed by atoms with van der Waals surface area (Å²) in [5.41, 5.74) is 1.56. The number of amides is 1. The molecule has 1 heterocycles. The van der Waals surface area contributed by atoms with Gasteiger partial charge in [-0.2, -0.15) is 0 Å². The molecule has 1 unspecified atom stereocenters. The number of anilines is 2. The van der Waals surface area contributed by atoms with Gasteiger partial charge < -0.3 is 9.64 Å². The zero-order valence-corrected chi connectivity index (χ0v) is 14.4. The monoisotopic (exact) mass is 346 g/mol. The molecular weight excluding hydrogens is 328 g/mol. The minimum absolute atomic E-state index is 0.179. The molecule has 0 saturated heterocycles. The molecule has 0 aliphatic carbocycles. The molecule has 0 saturated carbocycles. The van der Waals surface area contributed by atoms with Crippen molar-refractivity contribution in [3.8, 4) is 5.75 Å². The molecule has 0 fully saturated rings. The highest BCUT2D eigenvalue weighted by atomic mass is 32.2. The fourth-order valence-corrected chi connectivity index (χ4v) is 3.94. The van der Waals surface area contributed by atoms with E-state index in [0.717, 1.165) is 0 Å². The van der Waals surface area contributed by atoms with Crippen molar-refractivity contribution in [1.82, 2.24) is 0 Å². The zero-order valence-electron chi connectivity index (χ0n) is 13.6. The first-order chi connectivity index (χ1) is 11.3. The van der Waals surface area contributed by atoms with Crippen LogP contribution in [0.15, 0.2) is 47.4 Å². The van der Waals surface area contributed by atoms with Gasteiger partial charge in [0.1, 0.15) is 5.75 Å². The lowest BCUT2D eigenvalue weighted by Crippen LogP contribution is -2.41. The second kappa shape index (κ2) is 5.83. The van der Waals surface area contributed by atoms with Gasteiger partial charge in [0.25, 0.3) is 15.9 Å². The number of benzene rings is 2. The van der Waals surface area contributed by atoms with Crippen LogP contribution in [0.1, 0.15) is 12.5 Å². The first-order valence-corrected chi connectivity index (χ1v) is 8.94. The maximum absolute atomic E-state index is 12.6. The fraction of sp³-hybridized carbons (Fsp3) is 0.235. The number of carbonyl (C=O) groups is 1. The van der Waals surface area contributed by atoms with E-state index >= 15 is 0 Å². The van der Waals surface area contributed by atoms with E-state index in [9.17, 15) is 13.2 Å². The van der Waals surface area contributed by atoms with Gasteiger partial charge in [-0.1, -0.05) is 18.2 Å². The van der Waals surface area contributed by atoms with Gasteiger partial charge in [0.05, 0.1) is 16.3 Å². The summed E-state index contributed by atoms with van der Waals surface area (Å²) >= 11 is 0. The van der Waals surface area contributed by atoms with E-state index in [1.807, 2.05) is 0 Å². The Hall–Kier alpha value is -2.54. The third kappa shape index (κ3) is 2.82. The molecule has 0 radical (unpaired) electrons. The number of carbonyl (C=O) groups excluding carboxylic acids is 1. The molecule has 126 valence electrons. The molecule has 7 heteroatoms. The highest BCUT2D eigenvalue weighted by Crippen LogP contribution is 2.36. The number of hydrogen-bond acceptors (Lipinski definition) is 4. The number of nitrogens with zero attached hydrogens (tertiary/aromatic N) is 1. The predicted molar refractivity (Wildman–Crippen MR) is 91.9 cm³/mol. The van der Waals surface area contributed by atoms with Crippen molar-refractivity contribution in [2.75, 3.05) is 16.7 Å². The molecule has 24 heavy (non-hydrogen) atoms. The molecule has 2 aromatic rings. The van der Waals surface area contributed by atoms with Crippen LogP contribution in [0, 0.1) is 6.92 Å². The lowest BCUT2D eigenvalue weighted by molar-refractivity contribution is -0.125. The van der Waals surface area contributed by atoms with Crippen molar-refractivity contribution in [1.29, 1.82) is 0 Å². The first-order valence-electron chi connectivity index (χ1n) is 7.46. The molecule has 1 N–H and O–H groups in total. The van der Waals surface area contributed by atoms with E-state index in [1.54, 1.807) is 63.4 Å². The third-order valence-corrected chi connectivity index (χ3v) is 5.48. The van der Waals surface area contributed by atoms with Gasteiger partial charge in [-0.15, -0.1) is 0 Å². The largest absolute Gasteiger partial charge is 0.479 e. The summed E-state index contributed by atoms with van der Waals surface area (Å²) in [5.74, 6) is 0.366. The van der Waals surface area contributed by atoms with Crippen LogP contribution >= 0.6 is 0 Å². The van der Waals surface area contributed by atoms with Gasteiger partial charge in [0.2, 0.25) is 0 Å². The second-order valence-corrected chi connectivity index (χ2v) is 7.36. The summed E-state index contributed by atoms with van der Waals surface area (Å²) in [4.78, 5) is 13.7. The topological polar surface area (TPSA) is 75.7 Å². The van der Waals surface area contributed by atoms with E-state index in [-0.39, 0.29) is 10.8 Å². The summed E-state index contributed by atoms with van der Waals surface area (Å²) in [6.07, 6.45) is -0.558. The van der Waals surface area contributed by atoms with E-state index in [0.29, 0.717) is 22.7 Å². The maximum Gasteiger partial charge on any atom is 0.267 e. The average molecular weight is 346 g/mol. The minimum Gasteiger partial charge on any atom is -0.479 e. The predicted octanol–water partition coefficient (Wildman–Crippen LogP) is 2.54. The number of sulfonamides is 1. The Labute approximate surface area is 141 Å². The molecule has 1 aliphatic rings. The van der Waals surface area contributed by atoms with Crippen LogP contribution in [0.25, 0.3) is 0 Å². The summed E-state index contributed by atoms with van der Waals surface area (Å²) in [6.45, 7) is 3.42. The molecule has 6 nitrogen and oxygen atoms in total. The Bertz CT molecular complexity index is 909. The summed E-state index contributed by atoms with van der Waals surface area (Å²) in [7, 11) is -2.07. The Morgan fingerprint density at radius 3 is 2.58 bits per heavy atom. The smallest absolute Gasteiger partial charge is 0.267 e. The van der Waals surface area contributed by atoms with Crippen LogP contribution < -0.4 is 14.4 Å². The van der Waals surface area contributed by atoms with Crippen LogP contribution in [0.2, 0.25) is 0 Å². The number of hydrogen-bond donors (Lipinski definition) is 1. The van der Waals surface area contributed by atoms with Crippen LogP contribution in [0.5, 0.6) is 5.75 Å². The van der Waals surface area contributed by atoms with Crippen LogP contribution in [0.4, 0.5) is 11.4 Å². The van der Waals surface area contributed by atoms with Gasteiger partial charge in [-0.05, 0) is 43.7 Å². The summed E-state index contributed by atoms with van der Waals surface area (Å²) < 4.78 is 33.2. The minimum atomic E-state index is -3.71. The van der Waals surface area contributed by atoms with Crippen molar-refractivity contribution in [3.63, 3.8) is 0 Å². The Kier molecular flexibility index (Phi) is 3.96. The van der Waals surface area contributed by atoms with Crippen molar-refractivity contribution < 1.29 is 17.9 Å². The lowest BCUT2D eigenvalue weighted by atomic mass is 10.2. The number of rotatable bonds is 3. The van der Waals surface area contributed by atoms with Crippen molar-refractivity contribution in [2.45, 2.75) is 24.8 Å². The van der Waals surface area contributed by atoms with Crippen LogP contribution in [-0.4, -0.2) is 27.5 Å². The molecule has 1 atom stereocenters. The van der Waals surface area contributed by atoms with Crippen LogP contribution in [0.3, 0.4) is 0 Å². The normalized spacial score (nSPS) is 17.2. The molecule has 0 bridgehead atoms. The number of ether oxygens (including phenoxy) is 1. The van der Waals surface area contributed by atoms with E-state index in [2.05, 4.69) is 4.72 Å². The fourth-order valence-electron chi connectivity index (χ4n) is 2.64. The molecule has 0 spiro atoms. The standard InChI is InChI=1S/C17H18N2O4S/c1-11-6-4-5-7-16(11)24(21,22)18-13-8-9-15-14(10-13)19(3)17(20)12(2)23-15/h4-10,12,18H,1-3H3. The molecule has 1 aliphatic heterocycles. The third-order valence-electron chi connectivity index (χ3n) is 3.94. The molecule has 0 aromatic heterocycles. The molecule has 2 aromatic carbocycles. The Morgan fingerprint density at radius 2 is 1.88 bits per heavy atom. The average Bonchev–Trinajstić information content (AvgIpc) is 2.53. The van der Waals surface area contributed by atoms with Gasteiger partial charge in [0, 0.05) is 7.05 Å². The number of aryl methyl sites for hydroxylation is 1. The van der Waals surface area contributed by atoms with Crippen molar-refractivity contribution in [3.05, 3.63) is 48.0 Å². The lowest BCUT2D eigenvalue weighted by Gasteiger charge is -2.30. The zero-order chi connectivity index (χ0) is 17.5. The second-order valence-electron chi connectivity index (χ2n) is 5.71. The van der Waals surface area contributed by atoms with E-state index in [4.69, 9.17) is 4.74 Å². The maximum atomic E-state index is 12.6. The Balaban J connectivity index is 1.95. The summed E-state index contributed by atoms with van der Waals surface area (Å²) in [6, 6.07) is 11.6. The number of likely N-dealkylation sites (N-methyl/N-ethyl adjacent to an activating group) is 1. The Morgan fingerprint density at radius 1 is 1.17 bits per heavy atom. The molecule has 1 amide bonds. The highest BCUT2D eigenvalue weighted by molar-refractivity contribution is 7.92. The van der Waals surface area contributed by atoms with Gasteiger partial charge in [-0.25, -0.2) is 8.42 Å². The SMILES string of the molecule is Cc1ccccc1S(=O)(=O)Nc1ccc2c(c1)N(C)C(=O)C(C)O2. The number of nitrogens with one attached hydrogen (secondary N) is 1. The van der Waals surface area contributed by atoms with E-state index < -0.39 is 16.1 Å². The highest BCUT2D eigenvalue weighted by Gasteiger charge is 2.29. The van der Waals surface area contributed by atoms with Crippen molar-refractivity contribution in [2.24, 2.45) is 0 Å². The first kappa shape index (κ1) is 16.3. The van der Waals surface area contributed by atoms with Gasteiger partial charge >= 0.3 is 0 Å². The quantitative estimate of drug-likeness (QED) is 0.927. The molecule has 3 rings (SSSR count). The number of fused-ring (bicyclic) bond motifs is 1. The molecular formula is C17H18N2O4S. The van der Waals surface area contributed by atoms with Crippen LogP contribution in [-0.2, 0) is 14.8 Å². The van der Waals surface area contributed by atoms with Gasteiger partial charge in [0.15, 0.2) is 6.10 Å². The van der Waals surface area contributed by atoms with E-state index in [1.165, 1.54) is 4.90 Å². The van der Waals surface area contributed by atoms with Crippen molar-refractivity contribution >= 4 is 27.3 Å². The van der Waals surface area contributed by atoms with Gasteiger partial charge in [-0.3, -0.25) is 9.52 Å².